The molecule has 0 saturated carbocycles. The smallest absolute Gasteiger partial charge is 0.152 e. The average molecular weight is 362 g/mol. The molecule has 0 spiro atoms. The van der Waals surface area contributed by atoms with E-state index in [-0.39, 0.29) is 17.7 Å². The van der Waals surface area contributed by atoms with E-state index in [4.69, 9.17) is 4.74 Å². The third kappa shape index (κ3) is 13.2. The molecule has 0 aliphatic carbocycles. The predicted molar refractivity (Wildman–Crippen MR) is 105 cm³/mol. The van der Waals surface area contributed by atoms with Crippen LogP contribution in [0.3, 0.4) is 0 Å². The van der Waals surface area contributed by atoms with E-state index in [2.05, 4.69) is 26.1 Å². The molecule has 4 nitrogen and oxygen atoms in total. The van der Waals surface area contributed by atoms with E-state index in [1.807, 2.05) is 13.8 Å². The van der Waals surface area contributed by atoms with Crippen LogP contribution in [0.5, 0.6) is 0 Å². The van der Waals surface area contributed by atoms with Gasteiger partial charge in [-0.3, -0.25) is 4.79 Å². The SMILES string of the molecule is CCCCCCOCC(O)CSCC[C@H](NC(C)C)C(=O)C(C)C. The van der Waals surface area contributed by atoms with Crippen LogP contribution in [-0.4, -0.2) is 53.8 Å². The Morgan fingerprint density at radius 1 is 1.17 bits per heavy atom. The number of ketones is 1. The highest BCUT2D eigenvalue weighted by Crippen LogP contribution is 2.11. The summed E-state index contributed by atoms with van der Waals surface area (Å²) in [5, 5.41) is 13.3. The molecule has 144 valence electrons. The van der Waals surface area contributed by atoms with Crippen LogP contribution in [0.25, 0.3) is 0 Å². The molecule has 0 aliphatic heterocycles. The van der Waals surface area contributed by atoms with Gasteiger partial charge >= 0.3 is 0 Å². The zero-order valence-electron chi connectivity index (χ0n) is 16.3. The van der Waals surface area contributed by atoms with E-state index >= 15 is 0 Å². The first kappa shape index (κ1) is 23.9. The van der Waals surface area contributed by atoms with E-state index in [1.54, 1.807) is 11.8 Å². The Morgan fingerprint density at radius 2 is 1.88 bits per heavy atom. The number of aliphatic hydroxyl groups excluding tert-OH is 1. The minimum absolute atomic E-state index is 0.0537. The molecule has 2 atom stereocenters. The van der Waals surface area contributed by atoms with Gasteiger partial charge in [-0.25, -0.2) is 0 Å². The van der Waals surface area contributed by atoms with Crippen LogP contribution >= 0.6 is 11.8 Å². The molecule has 2 N–H and O–H groups in total. The number of hydrogen-bond acceptors (Lipinski definition) is 5. The molecule has 0 rings (SSSR count). The molecule has 0 heterocycles. The number of thioether (sulfide) groups is 1. The molecule has 0 aliphatic rings. The van der Waals surface area contributed by atoms with E-state index in [9.17, 15) is 9.90 Å². The first-order valence-corrected chi connectivity index (χ1v) is 10.7. The lowest BCUT2D eigenvalue weighted by Gasteiger charge is -2.22. The maximum Gasteiger partial charge on any atom is 0.152 e. The van der Waals surface area contributed by atoms with Gasteiger partial charge in [0.05, 0.1) is 18.8 Å². The second-order valence-corrected chi connectivity index (χ2v) is 8.23. The van der Waals surface area contributed by atoms with Crippen LogP contribution in [0.1, 0.15) is 66.7 Å². The maximum atomic E-state index is 12.2. The van der Waals surface area contributed by atoms with Gasteiger partial charge in [-0.15, -0.1) is 0 Å². The van der Waals surface area contributed by atoms with Gasteiger partial charge < -0.3 is 15.2 Å². The van der Waals surface area contributed by atoms with Crippen molar-refractivity contribution >= 4 is 17.5 Å². The highest BCUT2D eigenvalue weighted by Gasteiger charge is 2.21. The largest absolute Gasteiger partial charge is 0.390 e. The van der Waals surface area contributed by atoms with Crippen molar-refractivity contribution in [2.45, 2.75) is 84.9 Å². The average Bonchev–Trinajstić information content (AvgIpc) is 2.52. The van der Waals surface area contributed by atoms with Crippen molar-refractivity contribution in [1.82, 2.24) is 5.32 Å². The standard InChI is InChI=1S/C19H39NO3S/c1-6-7-8-9-11-23-13-17(21)14-24-12-10-18(20-16(4)5)19(22)15(2)3/h15-18,20-21H,6-14H2,1-5H3/t17?,18-/m0/s1. The van der Waals surface area contributed by atoms with Crippen LogP contribution < -0.4 is 5.32 Å². The summed E-state index contributed by atoms with van der Waals surface area (Å²) in [7, 11) is 0. The van der Waals surface area contributed by atoms with Gasteiger partial charge in [0.1, 0.15) is 0 Å². The summed E-state index contributed by atoms with van der Waals surface area (Å²) in [5.41, 5.74) is 0. The Morgan fingerprint density at radius 3 is 2.46 bits per heavy atom. The van der Waals surface area contributed by atoms with Crippen molar-refractivity contribution in [2.75, 3.05) is 24.7 Å². The van der Waals surface area contributed by atoms with Crippen LogP contribution in [0.15, 0.2) is 0 Å². The van der Waals surface area contributed by atoms with E-state index < -0.39 is 6.10 Å². The van der Waals surface area contributed by atoms with Crippen molar-refractivity contribution in [1.29, 1.82) is 0 Å². The Balaban J connectivity index is 3.81. The van der Waals surface area contributed by atoms with Gasteiger partial charge in [-0.2, -0.15) is 11.8 Å². The molecular weight excluding hydrogens is 322 g/mol. The molecule has 24 heavy (non-hydrogen) atoms. The number of nitrogens with one attached hydrogen (secondary N) is 1. The number of hydrogen-bond donors (Lipinski definition) is 2. The molecule has 0 bridgehead atoms. The fourth-order valence-electron chi connectivity index (χ4n) is 2.43. The van der Waals surface area contributed by atoms with E-state index in [1.165, 1.54) is 19.3 Å². The lowest BCUT2D eigenvalue weighted by atomic mass is 9.99. The minimum Gasteiger partial charge on any atom is -0.390 e. The molecule has 0 aromatic rings. The molecular formula is C19H39NO3S. The van der Waals surface area contributed by atoms with E-state index in [0.29, 0.717) is 18.4 Å². The summed E-state index contributed by atoms with van der Waals surface area (Å²) < 4.78 is 5.51. The Labute approximate surface area is 153 Å². The van der Waals surface area contributed by atoms with Gasteiger partial charge in [-0.1, -0.05) is 53.9 Å². The lowest BCUT2D eigenvalue weighted by molar-refractivity contribution is -0.124. The first-order chi connectivity index (χ1) is 11.4. The van der Waals surface area contributed by atoms with Gasteiger partial charge in [0.25, 0.3) is 0 Å². The third-order valence-corrected chi connectivity index (χ3v) is 4.91. The van der Waals surface area contributed by atoms with Gasteiger partial charge in [0.15, 0.2) is 5.78 Å². The number of Topliss-reactive ketones (excluding diaryl/α,β-unsaturated/α-hetero) is 1. The normalized spacial score (nSPS) is 14.3. The predicted octanol–water partition coefficient (Wildman–Crippen LogP) is 3.66. The zero-order valence-corrected chi connectivity index (χ0v) is 17.2. The zero-order chi connectivity index (χ0) is 18.4. The van der Waals surface area contributed by atoms with Crippen LogP contribution in [0.2, 0.25) is 0 Å². The summed E-state index contributed by atoms with van der Waals surface area (Å²) in [6.07, 6.45) is 5.15. The fourth-order valence-corrected chi connectivity index (χ4v) is 3.37. The van der Waals surface area contributed by atoms with Crippen LogP contribution in [0, 0.1) is 5.92 Å². The summed E-state index contributed by atoms with van der Waals surface area (Å²) in [5.74, 6) is 1.87. The molecule has 0 fully saturated rings. The number of aliphatic hydroxyl groups is 1. The molecule has 0 aromatic heterocycles. The van der Waals surface area contributed by atoms with Crippen molar-refractivity contribution in [2.24, 2.45) is 5.92 Å². The van der Waals surface area contributed by atoms with E-state index in [0.717, 1.165) is 25.2 Å². The van der Waals surface area contributed by atoms with Crippen molar-refractivity contribution in [3.63, 3.8) is 0 Å². The highest BCUT2D eigenvalue weighted by atomic mass is 32.2. The first-order valence-electron chi connectivity index (χ1n) is 9.51. The Bertz CT molecular complexity index is 311. The molecule has 0 radical (unpaired) electrons. The summed E-state index contributed by atoms with van der Waals surface area (Å²) >= 11 is 1.70. The van der Waals surface area contributed by atoms with Crippen LogP contribution in [-0.2, 0) is 9.53 Å². The minimum atomic E-state index is -0.418. The number of unbranched alkanes of at least 4 members (excludes halogenated alkanes) is 3. The highest BCUT2D eigenvalue weighted by molar-refractivity contribution is 7.99. The molecule has 0 amide bonds. The summed E-state index contributed by atoms with van der Waals surface area (Å²) in [6.45, 7) is 11.4. The topological polar surface area (TPSA) is 58.6 Å². The van der Waals surface area contributed by atoms with Crippen molar-refractivity contribution in [3.8, 4) is 0 Å². The second-order valence-electron chi connectivity index (χ2n) is 7.08. The number of ether oxygens (including phenoxy) is 1. The monoisotopic (exact) mass is 361 g/mol. The number of carbonyl (C=O) groups excluding carboxylic acids is 1. The molecule has 5 heteroatoms. The third-order valence-electron chi connectivity index (χ3n) is 3.76. The summed E-state index contributed by atoms with van der Waals surface area (Å²) in [4.78, 5) is 12.2. The fraction of sp³-hybridized carbons (Fsp3) is 0.947. The number of rotatable bonds is 16. The molecule has 0 aromatic carbocycles. The van der Waals surface area contributed by atoms with Gasteiger partial charge in [-0.05, 0) is 18.6 Å². The lowest BCUT2D eigenvalue weighted by Crippen LogP contribution is -2.43. The second kappa shape index (κ2) is 15.2. The summed E-state index contributed by atoms with van der Waals surface area (Å²) in [6, 6.07) is 0.221. The van der Waals surface area contributed by atoms with Gasteiger partial charge in [0.2, 0.25) is 0 Å². The molecule has 0 saturated heterocycles. The van der Waals surface area contributed by atoms with Crippen LogP contribution in [0.4, 0.5) is 0 Å². The van der Waals surface area contributed by atoms with Crippen molar-refractivity contribution < 1.29 is 14.6 Å². The number of carbonyl (C=O) groups is 1. The van der Waals surface area contributed by atoms with Gasteiger partial charge in [0, 0.05) is 24.3 Å². The maximum absolute atomic E-state index is 12.2. The quantitative estimate of drug-likeness (QED) is 0.411. The Hall–Kier alpha value is -0.100. The Kier molecular flexibility index (Phi) is 15.1. The molecule has 1 unspecified atom stereocenters. The van der Waals surface area contributed by atoms with Crippen molar-refractivity contribution in [3.05, 3.63) is 0 Å².